The van der Waals surface area contributed by atoms with E-state index in [9.17, 15) is 0 Å². The minimum absolute atomic E-state index is 0.854. The van der Waals surface area contributed by atoms with Crippen molar-refractivity contribution in [3.05, 3.63) is 23.8 Å². The summed E-state index contributed by atoms with van der Waals surface area (Å²) in [5.74, 6) is 0.854. The Kier molecular flexibility index (Phi) is 1.18. The first-order chi connectivity index (χ1) is 4.47. The molecule has 0 aromatic carbocycles. The van der Waals surface area contributed by atoms with Gasteiger partial charge in [0.1, 0.15) is 0 Å². The SMILES string of the molecule is C1=CC(C2=CCCC2)C1. The summed E-state index contributed by atoms with van der Waals surface area (Å²) in [7, 11) is 0. The molecule has 0 heterocycles. The summed E-state index contributed by atoms with van der Waals surface area (Å²) in [5, 5.41) is 0. The molecule has 0 aromatic rings. The summed E-state index contributed by atoms with van der Waals surface area (Å²) in [6.07, 6.45) is 12.4. The maximum absolute atomic E-state index is 2.42. The summed E-state index contributed by atoms with van der Waals surface area (Å²) >= 11 is 0. The first-order valence-electron chi connectivity index (χ1n) is 3.82. The van der Waals surface area contributed by atoms with Gasteiger partial charge >= 0.3 is 0 Å². The van der Waals surface area contributed by atoms with Crippen LogP contribution in [0.25, 0.3) is 0 Å². The molecule has 0 fully saturated rings. The molecule has 0 amide bonds. The zero-order valence-electron chi connectivity index (χ0n) is 5.64. The van der Waals surface area contributed by atoms with E-state index < -0.39 is 0 Å². The van der Waals surface area contributed by atoms with Crippen LogP contribution in [0.4, 0.5) is 0 Å². The van der Waals surface area contributed by atoms with E-state index in [1.165, 1.54) is 25.7 Å². The van der Waals surface area contributed by atoms with Gasteiger partial charge in [0, 0.05) is 5.92 Å². The predicted octanol–water partition coefficient (Wildman–Crippen LogP) is 2.67. The zero-order chi connectivity index (χ0) is 6.10. The second kappa shape index (κ2) is 2.02. The minimum Gasteiger partial charge on any atom is -0.0870 e. The van der Waals surface area contributed by atoms with Gasteiger partial charge in [0.05, 0.1) is 0 Å². The lowest BCUT2D eigenvalue weighted by Crippen LogP contribution is -2.04. The first kappa shape index (κ1) is 5.28. The first-order valence-corrected chi connectivity index (χ1v) is 3.82. The standard InChI is InChI=1S/C9H12/c1-2-5-8(4-1)9-6-3-7-9/h3-4,6,9H,1-2,5,7H2. The molecule has 0 nitrogen and oxygen atoms in total. The van der Waals surface area contributed by atoms with Gasteiger partial charge in [-0.1, -0.05) is 23.8 Å². The zero-order valence-corrected chi connectivity index (χ0v) is 5.64. The van der Waals surface area contributed by atoms with Crippen molar-refractivity contribution in [1.29, 1.82) is 0 Å². The molecular formula is C9H12. The highest BCUT2D eigenvalue weighted by atomic mass is 14.2. The minimum atomic E-state index is 0.854. The maximum Gasteiger partial charge on any atom is 0.00112 e. The number of rotatable bonds is 1. The molecule has 0 saturated carbocycles. The third-order valence-electron chi connectivity index (χ3n) is 2.31. The molecule has 48 valence electrons. The Morgan fingerprint density at radius 1 is 1.44 bits per heavy atom. The molecule has 1 unspecified atom stereocenters. The molecule has 0 saturated heterocycles. The van der Waals surface area contributed by atoms with E-state index in [1.807, 2.05) is 0 Å². The van der Waals surface area contributed by atoms with Crippen molar-refractivity contribution >= 4 is 0 Å². The molecular weight excluding hydrogens is 108 g/mol. The van der Waals surface area contributed by atoms with E-state index in [0.717, 1.165) is 5.92 Å². The molecule has 2 rings (SSSR count). The smallest absolute Gasteiger partial charge is 0.00112 e. The van der Waals surface area contributed by atoms with Crippen molar-refractivity contribution in [2.45, 2.75) is 25.7 Å². The molecule has 0 N–H and O–H groups in total. The normalized spacial score (nSPS) is 32.0. The van der Waals surface area contributed by atoms with Gasteiger partial charge in [0.25, 0.3) is 0 Å². The van der Waals surface area contributed by atoms with Gasteiger partial charge in [-0.05, 0) is 25.7 Å². The van der Waals surface area contributed by atoms with Crippen LogP contribution in [0.2, 0.25) is 0 Å². The van der Waals surface area contributed by atoms with E-state index in [1.54, 1.807) is 5.57 Å². The van der Waals surface area contributed by atoms with Crippen molar-refractivity contribution in [2.75, 3.05) is 0 Å². The molecule has 0 heteroatoms. The van der Waals surface area contributed by atoms with Crippen LogP contribution in [0, 0.1) is 5.92 Å². The maximum atomic E-state index is 2.42. The van der Waals surface area contributed by atoms with Crippen molar-refractivity contribution in [1.82, 2.24) is 0 Å². The molecule has 0 spiro atoms. The Labute approximate surface area is 56.3 Å². The van der Waals surface area contributed by atoms with E-state index >= 15 is 0 Å². The summed E-state index contributed by atoms with van der Waals surface area (Å²) in [6.45, 7) is 0. The molecule has 0 bridgehead atoms. The second-order valence-corrected chi connectivity index (χ2v) is 2.94. The van der Waals surface area contributed by atoms with E-state index in [-0.39, 0.29) is 0 Å². The molecule has 0 radical (unpaired) electrons. The summed E-state index contributed by atoms with van der Waals surface area (Å²) in [5.41, 5.74) is 1.71. The Morgan fingerprint density at radius 3 is 2.78 bits per heavy atom. The average molecular weight is 120 g/mol. The van der Waals surface area contributed by atoms with Gasteiger partial charge in [0.15, 0.2) is 0 Å². The Bertz CT molecular complexity index is 163. The topological polar surface area (TPSA) is 0 Å². The van der Waals surface area contributed by atoms with E-state index in [2.05, 4.69) is 18.2 Å². The van der Waals surface area contributed by atoms with Gasteiger partial charge in [-0.2, -0.15) is 0 Å². The molecule has 0 aromatic heterocycles. The molecule has 1 atom stereocenters. The van der Waals surface area contributed by atoms with Crippen LogP contribution in [-0.2, 0) is 0 Å². The van der Waals surface area contributed by atoms with Crippen molar-refractivity contribution < 1.29 is 0 Å². The largest absolute Gasteiger partial charge is 0.0870 e. The third kappa shape index (κ3) is 0.827. The van der Waals surface area contributed by atoms with Gasteiger partial charge in [0.2, 0.25) is 0 Å². The van der Waals surface area contributed by atoms with Crippen LogP contribution in [0.5, 0.6) is 0 Å². The van der Waals surface area contributed by atoms with Crippen LogP contribution in [0.15, 0.2) is 23.8 Å². The van der Waals surface area contributed by atoms with Gasteiger partial charge in [-0.15, -0.1) is 0 Å². The number of hydrogen-bond donors (Lipinski definition) is 0. The highest BCUT2D eigenvalue weighted by Crippen LogP contribution is 2.32. The summed E-state index contributed by atoms with van der Waals surface area (Å²) in [6, 6.07) is 0. The number of hydrogen-bond acceptors (Lipinski definition) is 0. The van der Waals surface area contributed by atoms with Crippen LogP contribution >= 0.6 is 0 Å². The van der Waals surface area contributed by atoms with Crippen LogP contribution in [0.1, 0.15) is 25.7 Å². The Hall–Kier alpha value is -0.520. The van der Waals surface area contributed by atoms with Crippen molar-refractivity contribution in [3.8, 4) is 0 Å². The van der Waals surface area contributed by atoms with Crippen molar-refractivity contribution in [2.24, 2.45) is 5.92 Å². The van der Waals surface area contributed by atoms with E-state index in [0.29, 0.717) is 0 Å². The Balaban J connectivity index is 2.04. The molecule has 2 aliphatic rings. The molecule has 0 aliphatic heterocycles. The number of allylic oxidation sites excluding steroid dienone is 4. The van der Waals surface area contributed by atoms with Crippen LogP contribution in [-0.4, -0.2) is 0 Å². The van der Waals surface area contributed by atoms with Crippen LogP contribution in [0.3, 0.4) is 0 Å². The fourth-order valence-corrected chi connectivity index (χ4v) is 1.58. The average Bonchev–Trinajstić information content (AvgIpc) is 2.11. The fraction of sp³-hybridized carbons (Fsp3) is 0.556. The van der Waals surface area contributed by atoms with E-state index in [4.69, 9.17) is 0 Å². The summed E-state index contributed by atoms with van der Waals surface area (Å²) in [4.78, 5) is 0. The fourth-order valence-electron chi connectivity index (χ4n) is 1.58. The lowest BCUT2D eigenvalue weighted by molar-refractivity contribution is 0.682. The predicted molar refractivity (Wildman–Crippen MR) is 39.2 cm³/mol. The summed E-state index contributed by atoms with van der Waals surface area (Å²) < 4.78 is 0. The molecule has 2 aliphatic carbocycles. The second-order valence-electron chi connectivity index (χ2n) is 2.94. The lowest BCUT2D eigenvalue weighted by atomic mass is 9.87. The lowest BCUT2D eigenvalue weighted by Gasteiger charge is -2.18. The van der Waals surface area contributed by atoms with Gasteiger partial charge < -0.3 is 0 Å². The van der Waals surface area contributed by atoms with Gasteiger partial charge in [-0.3, -0.25) is 0 Å². The highest BCUT2D eigenvalue weighted by molar-refractivity contribution is 5.23. The third-order valence-corrected chi connectivity index (χ3v) is 2.31. The van der Waals surface area contributed by atoms with Crippen molar-refractivity contribution in [3.63, 3.8) is 0 Å². The molecule has 9 heavy (non-hydrogen) atoms. The van der Waals surface area contributed by atoms with Gasteiger partial charge in [-0.25, -0.2) is 0 Å². The van der Waals surface area contributed by atoms with Crippen LogP contribution < -0.4 is 0 Å². The quantitative estimate of drug-likeness (QED) is 0.467. The Morgan fingerprint density at radius 2 is 2.33 bits per heavy atom. The monoisotopic (exact) mass is 120 g/mol. The highest BCUT2D eigenvalue weighted by Gasteiger charge is 2.16.